The van der Waals surface area contributed by atoms with Crippen molar-refractivity contribution in [3.05, 3.63) is 22.6 Å². The van der Waals surface area contributed by atoms with E-state index in [-0.39, 0.29) is 35.5 Å². The second kappa shape index (κ2) is 6.36. The first-order chi connectivity index (χ1) is 11.3. The molecule has 2 N–H and O–H groups in total. The van der Waals surface area contributed by atoms with E-state index in [1.54, 1.807) is 6.92 Å². The van der Waals surface area contributed by atoms with Crippen LogP contribution in [0.3, 0.4) is 0 Å². The van der Waals surface area contributed by atoms with E-state index >= 15 is 0 Å². The predicted octanol–water partition coefficient (Wildman–Crippen LogP) is 3.02. The standard InChI is InChI=1S/C19H27NO4/c1-11-16-14(22)8-19(2,3)9-15(16)24-17(11)18(23)20-13-6-4-12(10-21)5-7-13/h12-13,21H,4-10H2,1-3H3,(H,20,23). The summed E-state index contributed by atoms with van der Waals surface area (Å²) in [6.07, 6.45) is 4.80. The molecule has 1 saturated carbocycles. The van der Waals surface area contributed by atoms with Crippen molar-refractivity contribution in [1.82, 2.24) is 5.32 Å². The van der Waals surface area contributed by atoms with Gasteiger partial charge in [-0.15, -0.1) is 0 Å². The molecule has 1 heterocycles. The summed E-state index contributed by atoms with van der Waals surface area (Å²) in [6.45, 7) is 6.12. The van der Waals surface area contributed by atoms with Crippen LogP contribution < -0.4 is 5.32 Å². The van der Waals surface area contributed by atoms with Crippen LogP contribution in [0.2, 0.25) is 0 Å². The third-order valence-corrected chi connectivity index (χ3v) is 5.42. The molecule has 1 aromatic rings. The molecular weight excluding hydrogens is 306 g/mol. The van der Waals surface area contributed by atoms with Gasteiger partial charge in [0, 0.05) is 31.1 Å². The SMILES string of the molecule is Cc1c(C(=O)NC2CCC(CO)CC2)oc2c1C(=O)CC(C)(C)C2. The zero-order valence-corrected chi connectivity index (χ0v) is 14.8. The van der Waals surface area contributed by atoms with E-state index in [9.17, 15) is 14.7 Å². The molecule has 0 spiro atoms. The number of carbonyl (C=O) groups excluding carboxylic acids is 2. The fraction of sp³-hybridized carbons (Fsp3) is 0.684. The maximum absolute atomic E-state index is 12.6. The molecule has 0 aromatic carbocycles. The van der Waals surface area contributed by atoms with Crippen molar-refractivity contribution in [3.63, 3.8) is 0 Å². The minimum atomic E-state index is -0.222. The van der Waals surface area contributed by atoms with Crippen molar-refractivity contribution in [1.29, 1.82) is 0 Å². The molecular formula is C19H27NO4. The molecule has 0 saturated heterocycles. The Kier molecular flexibility index (Phi) is 4.56. The lowest BCUT2D eigenvalue weighted by atomic mass is 9.76. The normalized spacial score (nSPS) is 26.1. The van der Waals surface area contributed by atoms with Gasteiger partial charge in [0.2, 0.25) is 0 Å². The highest BCUT2D eigenvalue weighted by atomic mass is 16.4. The van der Waals surface area contributed by atoms with Crippen LogP contribution in [0.5, 0.6) is 0 Å². The summed E-state index contributed by atoms with van der Waals surface area (Å²) in [6, 6.07) is 0.119. The number of fused-ring (bicyclic) bond motifs is 1. The van der Waals surface area contributed by atoms with Gasteiger partial charge in [0.15, 0.2) is 11.5 Å². The molecule has 5 heteroatoms. The van der Waals surface area contributed by atoms with E-state index in [4.69, 9.17) is 4.42 Å². The van der Waals surface area contributed by atoms with Crippen LogP contribution in [0.25, 0.3) is 0 Å². The van der Waals surface area contributed by atoms with Gasteiger partial charge in [0.25, 0.3) is 5.91 Å². The smallest absolute Gasteiger partial charge is 0.287 e. The molecule has 1 amide bonds. The van der Waals surface area contributed by atoms with Crippen LogP contribution in [0.15, 0.2) is 4.42 Å². The summed E-state index contributed by atoms with van der Waals surface area (Å²) in [5, 5.41) is 12.2. The van der Waals surface area contributed by atoms with Gasteiger partial charge in [0.05, 0.1) is 5.56 Å². The Labute approximate surface area is 142 Å². The van der Waals surface area contributed by atoms with Gasteiger partial charge in [-0.1, -0.05) is 13.8 Å². The monoisotopic (exact) mass is 333 g/mol. The van der Waals surface area contributed by atoms with Gasteiger partial charge in [0.1, 0.15) is 5.76 Å². The topological polar surface area (TPSA) is 79.5 Å². The Bertz CT molecular complexity index is 651. The average molecular weight is 333 g/mol. The quantitative estimate of drug-likeness (QED) is 0.891. The van der Waals surface area contributed by atoms with Gasteiger partial charge in [-0.2, -0.15) is 0 Å². The Morgan fingerprint density at radius 1 is 1.25 bits per heavy atom. The maximum atomic E-state index is 12.6. The average Bonchev–Trinajstić information content (AvgIpc) is 2.83. The first-order valence-electron chi connectivity index (χ1n) is 8.88. The number of aliphatic hydroxyl groups excluding tert-OH is 1. The molecule has 0 bridgehead atoms. The number of aliphatic hydroxyl groups is 1. The summed E-state index contributed by atoms with van der Waals surface area (Å²) >= 11 is 0. The largest absolute Gasteiger partial charge is 0.455 e. The zero-order chi connectivity index (χ0) is 17.5. The molecule has 24 heavy (non-hydrogen) atoms. The fourth-order valence-corrected chi connectivity index (χ4v) is 4.04. The van der Waals surface area contributed by atoms with E-state index in [0.717, 1.165) is 25.7 Å². The molecule has 1 fully saturated rings. The van der Waals surface area contributed by atoms with E-state index in [1.165, 1.54) is 0 Å². The van der Waals surface area contributed by atoms with Crippen molar-refractivity contribution in [2.24, 2.45) is 11.3 Å². The lowest BCUT2D eigenvalue weighted by molar-refractivity contribution is 0.0868. The predicted molar refractivity (Wildman–Crippen MR) is 90.2 cm³/mol. The number of Topliss-reactive ketones (excluding diaryl/α,β-unsaturated/α-hetero) is 1. The van der Waals surface area contributed by atoms with Crippen molar-refractivity contribution >= 4 is 11.7 Å². The second-order valence-corrected chi connectivity index (χ2v) is 8.17. The molecule has 0 unspecified atom stereocenters. The first kappa shape index (κ1) is 17.2. The van der Waals surface area contributed by atoms with Gasteiger partial charge < -0.3 is 14.8 Å². The second-order valence-electron chi connectivity index (χ2n) is 8.17. The number of hydrogen-bond acceptors (Lipinski definition) is 4. The van der Waals surface area contributed by atoms with Crippen LogP contribution >= 0.6 is 0 Å². The van der Waals surface area contributed by atoms with Crippen LogP contribution in [0.1, 0.15) is 78.2 Å². The number of amides is 1. The number of ketones is 1. The minimum Gasteiger partial charge on any atom is -0.455 e. The van der Waals surface area contributed by atoms with Crippen molar-refractivity contribution in [3.8, 4) is 0 Å². The molecule has 1 aromatic heterocycles. The van der Waals surface area contributed by atoms with Gasteiger partial charge in [-0.05, 0) is 43.9 Å². The molecule has 0 radical (unpaired) electrons. The summed E-state index contributed by atoms with van der Waals surface area (Å²) in [4.78, 5) is 25.0. The van der Waals surface area contributed by atoms with E-state index in [0.29, 0.717) is 35.6 Å². The number of nitrogens with one attached hydrogen (secondary N) is 1. The number of furan rings is 1. The van der Waals surface area contributed by atoms with Crippen LogP contribution in [-0.2, 0) is 6.42 Å². The zero-order valence-electron chi connectivity index (χ0n) is 14.8. The third-order valence-electron chi connectivity index (χ3n) is 5.42. The van der Waals surface area contributed by atoms with Gasteiger partial charge >= 0.3 is 0 Å². The maximum Gasteiger partial charge on any atom is 0.287 e. The third kappa shape index (κ3) is 3.27. The number of hydrogen-bond donors (Lipinski definition) is 2. The highest BCUT2D eigenvalue weighted by Gasteiger charge is 2.37. The van der Waals surface area contributed by atoms with Crippen molar-refractivity contribution < 1.29 is 19.1 Å². The Morgan fingerprint density at radius 3 is 2.54 bits per heavy atom. The van der Waals surface area contributed by atoms with E-state index in [2.05, 4.69) is 5.32 Å². The highest BCUT2D eigenvalue weighted by molar-refractivity contribution is 6.03. The Morgan fingerprint density at radius 2 is 1.92 bits per heavy atom. The molecule has 3 rings (SSSR count). The summed E-state index contributed by atoms with van der Waals surface area (Å²) in [5.41, 5.74) is 1.17. The van der Waals surface area contributed by atoms with Crippen LogP contribution in [0, 0.1) is 18.3 Å². The Balaban J connectivity index is 1.74. The number of rotatable bonds is 3. The van der Waals surface area contributed by atoms with E-state index in [1.807, 2.05) is 13.8 Å². The van der Waals surface area contributed by atoms with Gasteiger partial charge in [-0.3, -0.25) is 9.59 Å². The van der Waals surface area contributed by atoms with E-state index < -0.39 is 0 Å². The van der Waals surface area contributed by atoms with Crippen molar-refractivity contribution in [2.45, 2.75) is 65.3 Å². The van der Waals surface area contributed by atoms with Gasteiger partial charge in [-0.25, -0.2) is 0 Å². The Hall–Kier alpha value is -1.62. The summed E-state index contributed by atoms with van der Waals surface area (Å²) in [5.74, 6) is 1.15. The molecule has 132 valence electrons. The lowest BCUT2D eigenvalue weighted by Crippen LogP contribution is -2.38. The lowest BCUT2D eigenvalue weighted by Gasteiger charge is -2.27. The number of carbonyl (C=O) groups is 2. The molecule has 2 aliphatic carbocycles. The highest BCUT2D eigenvalue weighted by Crippen LogP contribution is 2.38. The molecule has 0 atom stereocenters. The fourth-order valence-electron chi connectivity index (χ4n) is 4.04. The summed E-state index contributed by atoms with van der Waals surface area (Å²) < 4.78 is 5.82. The molecule has 0 aliphatic heterocycles. The molecule has 2 aliphatic rings. The van der Waals surface area contributed by atoms with Crippen molar-refractivity contribution in [2.75, 3.05) is 6.61 Å². The first-order valence-corrected chi connectivity index (χ1v) is 8.88. The minimum absolute atomic E-state index is 0.0741. The van der Waals surface area contributed by atoms with Crippen LogP contribution in [-0.4, -0.2) is 29.4 Å². The van der Waals surface area contributed by atoms with Crippen LogP contribution in [0.4, 0.5) is 0 Å². The summed E-state index contributed by atoms with van der Waals surface area (Å²) in [7, 11) is 0. The molecule has 5 nitrogen and oxygen atoms in total.